The molecular formula is C25H20F4N2O. The molecule has 0 radical (unpaired) electrons. The van der Waals surface area contributed by atoms with E-state index in [0.717, 1.165) is 34.2 Å². The van der Waals surface area contributed by atoms with Crippen LogP contribution in [0.5, 0.6) is 0 Å². The van der Waals surface area contributed by atoms with E-state index in [2.05, 4.69) is 0 Å². The van der Waals surface area contributed by atoms with Gasteiger partial charge in [0.05, 0.1) is 5.56 Å². The Balaban J connectivity index is 1.79. The molecular weight excluding hydrogens is 420 g/mol. The normalized spacial score (nSPS) is 12.8. The van der Waals surface area contributed by atoms with Gasteiger partial charge in [0.25, 0.3) is 0 Å². The molecule has 0 aliphatic heterocycles. The van der Waals surface area contributed by atoms with E-state index < -0.39 is 23.6 Å². The topological polar surface area (TPSA) is 48.0 Å². The van der Waals surface area contributed by atoms with Crippen molar-refractivity contribution in [3.05, 3.63) is 107 Å². The molecule has 2 N–H and O–H groups in total. The van der Waals surface area contributed by atoms with Crippen molar-refractivity contribution in [2.75, 3.05) is 0 Å². The van der Waals surface area contributed by atoms with Crippen LogP contribution in [0.4, 0.5) is 17.6 Å². The van der Waals surface area contributed by atoms with E-state index in [1.54, 1.807) is 12.1 Å². The number of para-hydroxylation sites is 1. The molecule has 0 unspecified atom stereocenters. The summed E-state index contributed by atoms with van der Waals surface area (Å²) in [4.78, 5) is 11.8. The highest BCUT2D eigenvalue weighted by Gasteiger charge is 2.31. The molecule has 4 aromatic rings. The van der Waals surface area contributed by atoms with Crippen molar-refractivity contribution in [2.24, 2.45) is 5.73 Å². The number of aromatic nitrogens is 1. The van der Waals surface area contributed by atoms with Crippen LogP contribution < -0.4 is 5.73 Å². The lowest BCUT2D eigenvalue weighted by molar-refractivity contribution is -0.137. The SMILES string of the molecule is NC(=O)C[C@@H](c1ccc(C(F)(F)F)cc1)c1cn(Cc2ccc(F)cc2)c2ccccc12. The first-order chi connectivity index (χ1) is 15.2. The summed E-state index contributed by atoms with van der Waals surface area (Å²) in [6.07, 6.45) is -2.60. The maximum absolute atomic E-state index is 13.3. The summed E-state index contributed by atoms with van der Waals surface area (Å²) in [5.41, 5.74) is 7.89. The predicted molar refractivity (Wildman–Crippen MR) is 115 cm³/mol. The van der Waals surface area contributed by atoms with Crippen LogP contribution in [0.1, 0.15) is 34.6 Å². The second-order valence-electron chi connectivity index (χ2n) is 7.70. The first-order valence-electron chi connectivity index (χ1n) is 10.00. The Morgan fingerprint density at radius 3 is 2.22 bits per heavy atom. The third kappa shape index (κ3) is 4.51. The van der Waals surface area contributed by atoms with Gasteiger partial charge in [0.2, 0.25) is 5.91 Å². The number of hydrogen-bond acceptors (Lipinski definition) is 1. The molecule has 1 atom stereocenters. The molecule has 0 spiro atoms. The summed E-state index contributed by atoms with van der Waals surface area (Å²) in [6, 6.07) is 18.6. The number of carbonyl (C=O) groups is 1. The second-order valence-corrected chi connectivity index (χ2v) is 7.70. The molecule has 164 valence electrons. The van der Waals surface area contributed by atoms with Crippen LogP contribution in [0.3, 0.4) is 0 Å². The summed E-state index contributed by atoms with van der Waals surface area (Å²) in [7, 11) is 0. The zero-order chi connectivity index (χ0) is 22.9. The fourth-order valence-electron chi connectivity index (χ4n) is 3.98. The molecule has 0 bridgehead atoms. The molecule has 0 aliphatic carbocycles. The van der Waals surface area contributed by atoms with Crippen LogP contribution in [-0.4, -0.2) is 10.5 Å². The lowest BCUT2D eigenvalue weighted by Gasteiger charge is -2.17. The Bertz CT molecular complexity index is 1240. The van der Waals surface area contributed by atoms with Gasteiger partial charge >= 0.3 is 6.18 Å². The van der Waals surface area contributed by atoms with Crippen molar-refractivity contribution in [3.63, 3.8) is 0 Å². The van der Waals surface area contributed by atoms with Crippen molar-refractivity contribution in [3.8, 4) is 0 Å². The summed E-state index contributed by atoms with van der Waals surface area (Å²) < 4.78 is 54.3. The van der Waals surface area contributed by atoms with Crippen LogP contribution in [0, 0.1) is 5.82 Å². The monoisotopic (exact) mass is 440 g/mol. The van der Waals surface area contributed by atoms with Crippen LogP contribution in [0.2, 0.25) is 0 Å². The van der Waals surface area contributed by atoms with E-state index >= 15 is 0 Å². The quantitative estimate of drug-likeness (QED) is 0.376. The predicted octanol–water partition coefficient (Wildman–Crippen LogP) is 5.85. The lowest BCUT2D eigenvalue weighted by Crippen LogP contribution is -2.16. The summed E-state index contributed by atoms with van der Waals surface area (Å²) in [5, 5.41) is 0.876. The first-order valence-corrected chi connectivity index (χ1v) is 10.00. The van der Waals surface area contributed by atoms with Gasteiger partial charge in [0.1, 0.15) is 5.82 Å². The van der Waals surface area contributed by atoms with E-state index in [1.807, 2.05) is 35.0 Å². The van der Waals surface area contributed by atoms with Crippen LogP contribution in [0.15, 0.2) is 79.0 Å². The molecule has 0 fully saturated rings. The van der Waals surface area contributed by atoms with Crippen molar-refractivity contribution < 1.29 is 22.4 Å². The Hall–Kier alpha value is -3.61. The summed E-state index contributed by atoms with van der Waals surface area (Å²) in [5.74, 6) is -1.38. The van der Waals surface area contributed by atoms with E-state index in [-0.39, 0.29) is 12.2 Å². The minimum Gasteiger partial charge on any atom is -0.370 e. The summed E-state index contributed by atoms with van der Waals surface area (Å²) >= 11 is 0. The smallest absolute Gasteiger partial charge is 0.370 e. The maximum atomic E-state index is 13.3. The zero-order valence-corrected chi connectivity index (χ0v) is 16.9. The van der Waals surface area contributed by atoms with Gasteiger partial charge in [0.15, 0.2) is 0 Å². The first kappa shape index (κ1) is 21.6. The minimum atomic E-state index is -4.44. The average Bonchev–Trinajstić information content (AvgIpc) is 3.11. The molecule has 4 rings (SSSR count). The van der Waals surface area contributed by atoms with Crippen LogP contribution in [-0.2, 0) is 17.5 Å². The van der Waals surface area contributed by atoms with Crippen LogP contribution >= 0.6 is 0 Å². The number of amides is 1. The second kappa shape index (κ2) is 8.49. The third-order valence-corrected chi connectivity index (χ3v) is 5.51. The molecule has 3 nitrogen and oxygen atoms in total. The number of carbonyl (C=O) groups excluding carboxylic acids is 1. The molecule has 0 saturated carbocycles. The molecule has 3 aromatic carbocycles. The lowest BCUT2D eigenvalue weighted by atomic mass is 9.87. The fraction of sp³-hybridized carbons (Fsp3) is 0.160. The number of primary amides is 1. The Morgan fingerprint density at radius 2 is 1.59 bits per heavy atom. The average molecular weight is 440 g/mol. The van der Waals surface area contributed by atoms with Gasteiger partial charge in [-0.15, -0.1) is 0 Å². The number of fused-ring (bicyclic) bond motifs is 1. The minimum absolute atomic E-state index is 0.0457. The number of hydrogen-bond donors (Lipinski definition) is 1. The fourth-order valence-corrected chi connectivity index (χ4v) is 3.98. The number of alkyl halides is 3. The number of benzene rings is 3. The van der Waals surface area contributed by atoms with Crippen molar-refractivity contribution in [1.82, 2.24) is 4.57 Å². The highest BCUT2D eigenvalue weighted by Crippen LogP contribution is 2.36. The van der Waals surface area contributed by atoms with Gasteiger partial charge in [-0.05, 0) is 47.0 Å². The molecule has 1 amide bonds. The zero-order valence-electron chi connectivity index (χ0n) is 16.9. The van der Waals surface area contributed by atoms with E-state index in [9.17, 15) is 22.4 Å². The third-order valence-electron chi connectivity index (χ3n) is 5.51. The molecule has 0 saturated heterocycles. The van der Waals surface area contributed by atoms with Gasteiger partial charge in [-0.1, -0.05) is 42.5 Å². The van der Waals surface area contributed by atoms with Gasteiger partial charge in [0, 0.05) is 36.0 Å². The Morgan fingerprint density at radius 1 is 0.938 bits per heavy atom. The number of nitrogens with zero attached hydrogens (tertiary/aromatic N) is 1. The Labute approximate surface area is 182 Å². The number of rotatable bonds is 6. The van der Waals surface area contributed by atoms with E-state index in [0.29, 0.717) is 12.1 Å². The number of halogens is 4. The maximum Gasteiger partial charge on any atom is 0.416 e. The highest BCUT2D eigenvalue weighted by atomic mass is 19.4. The highest BCUT2D eigenvalue weighted by molar-refractivity contribution is 5.86. The van der Waals surface area contributed by atoms with Gasteiger partial charge in [-0.25, -0.2) is 4.39 Å². The van der Waals surface area contributed by atoms with Crippen molar-refractivity contribution in [1.29, 1.82) is 0 Å². The van der Waals surface area contributed by atoms with Gasteiger partial charge in [-0.3, -0.25) is 4.79 Å². The number of nitrogens with two attached hydrogens (primary N) is 1. The van der Waals surface area contributed by atoms with Crippen molar-refractivity contribution in [2.45, 2.75) is 25.1 Å². The standard InChI is InChI=1S/C25H20F4N2O/c26-19-11-5-16(6-12-19)14-31-15-22(20-3-1-2-4-23(20)31)21(13-24(30)32)17-7-9-18(10-8-17)25(27,28)29/h1-12,15,21H,13-14H2,(H2,30,32)/t21-/m0/s1. The summed E-state index contributed by atoms with van der Waals surface area (Å²) in [6.45, 7) is 0.469. The van der Waals surface area contributed by atoms with Gasteiger partial charge < -0.3 is 10.3 Å². The molecule has 0 aliphatic rings. The van der Waals surface area contributed by atoms with Gasteiger partial charge in [-0.2, -0.15) is 13.2 Å². The molecule has 1 aromatic heterocycles. The molecule has 7 heteroatoms. The largest absolute Gasteiger partial charge is 0.416 e. The Kier molecular flexibility index (Phi) is 5.74. The van der Waals surface area contributed by atoms with Crippen LogP contribution in [0.25, 0.3) is 10.9 Å². The molecule has 32 heavy (non-hydrogen) atoms. The van der Waals surface area contributed by atoms with E-state index in [4.69, 9.17) is 5.73 Å². The van der Waals surface area contributed by atoms with Crippen molar-refractivity contribution >= 4 is 16.8 Å². The molecule has 1 heterocycles. The van der Waals surface area contributed by atoms with E-state index in [1.165, 1.54) is 24.3 Å².